The SMILES string of the molecule is Cc1ccc(C(=O)NCC(c2ccco2)N2CCCC2)cc1C. The summed E-state index contributed by atoms with van der Waals surface area (Å²) in [6, 6.07) is 9.84. The molecule has 1 aromatic carbocycles. The Morgan fingerprint density at radius 1 is 1.22 bits per heavy atom. The first-order chi connectivity index (χ1) is 11.1. The molecule has 1 saturated heterocycles. The third-order valence-electron chi connectivity index (χ3n) is 4.68. The Kier molecular flexibility index (Phi) is 4.82. The lowest BCUT2D eigenvalue weighted by molar-refractivity contribution is 0.0933. The molecule has 4 heteroatoms. The summed E-state index contributed by atoms with van der Waals surface area (Å²) in [7, 11) is 0. The van der Waals surface area contributed by atoms with Crippen LogP contribution in [-0.2, 0) is 0 Å². The number of carbonyl (C=O) groups is 1. The van der Waals surface area contributed by atoms with E-state index >= 15 is 0 Å². The zero-order valence-electron chi connectivity index (χ0n) is 13.8. The predicted octanol–water partition coefficient (Wildman–Crippen LogP) is 3.46. The first-order valence-corrected chi connectivity index (χ1v) is 8.28. The molecule has 1 atom stereocenters. The molecule has 1 aromatic heterocycles. The molecular formula is C19H24N2O2. The van der Waals surface area contributed by atoms with E-state index in [-0.39, 0.29) is 11.9 Å². The lowest BCUT2D eigenvalue weighted by atomic mass is 10.1. The Labute approximate surface area is 137 Å². The lowest BCUT2D eigenvalue weighted by Crippen LogP contribution is -2.36. The Bertz CT molecular complexity index is 658. The van der Waals surface area contributed by atoms with Crippen LogP contribution < -0.4 is 5.32 Å². The second kappa shape index (κ2) is 7.01. The summed E-state index contributed by atoms with van der Waals surface area (Å²) >= 11 is 0. The van der Waals surface area contributed by atoms with E-state index < -0.39 is 0 Å². The molecule has 1 fully saturated rings. The largest absolute Gasteiger partial charge is 0.468 e. The molecule has 1 aliphatic rings. The lowest BCUT2D eigenvalue weighted by Gasteiger charge is -2.26. The average molecular weight is 312 g/mol. The smallest absolute Gasteiger partial charge is 0.251 e. The molecule has 2 heterocycles. The number of benzene rings is 1. The first-order valence-electron chi connectivity index (χ1n) is 8.28. The fourth-order valence-electron chi connectivity index (χ4n) is 3.12. The molecule has 0 radical (unpaired) electrons. The van der Waals surface area contributed by atoms with Gasteiger partial charge in [0.25, 0.3) is 5.91 Å². The molecule has 23 heavy (non-hydrogen) atoms. The molecule has 2 aromatic rings. The van der Waals surface area contributed by atoms with Gasteiger partial charge in [-0.1, -0.05) is 6.07 Å². The summed E-state index contributed by atoms with van der Waals surface area (Å²) in [6.07, 6.45) is 4.12. The molecule has 0 aliphatic carbocycles. The second-order valence-electron chi connectivity index (χ2n) is 6.28. The standard InChI is InChI=1S/C19H24N2O2/c1-14-7-8-16(12-15(14)2)19(22)20-13-17(18-6-5-11-23-18)21-9-3-4-10-21/h5-8,11-12,17H,3-4,9-10,13H2,1-2H3,(H,20,22). The van der Waals surface area contributed by atoms with Crippen molar-refractivity contribution < 1.29 is 9.21 Å². The van der Waals surface area contributed by atoms with Gasteiger partial charge in [-0.2, -0.15) is 0 Å². The van der Waals surface area contributed by atoms with Crippen molar-refractivity contribution in [2.75, 3.05) is 19.6 Å². The van der Waals surface area contributed by atoms with Crippen LogP contribution in [0, 0.1) is 13.8 Å². The van der Waals surface area contributed by atoms with E-state index in [1.807, 2.05) is 37.3 Å². The summed E-state index contributed by atoms with van der Waals surface area (Å²) in [4.78, 5) is 14.8. The van der Waals surface area contributed by atoms with Crippen LogP contribution in [0.15, 0.2) is 41.0 Å². The molecule has 0 spiro atoms. The van der Waals surface area contributed by atoms with Gasteiger partial charge in [0, 0.05) is 12.1 Å². The van der Waals surface area contributed by atoms with Crippen LogP contribution in [0.4, 0.5) is 0 Å². The van der Waals surface area contributed by atoms with Crippen LogP contribution in [0.25, 0.3) is 0 Å². The van der Waals surface area contributed by atoms with Crippen LogP contribution in [0.1, 0.15) is 46.1 Å². The quantitative estimate of drug-likeness (QED) is 0.919. The Hall–Kier alpha value is -2.07. The van der Waals surface area contributed by atoms with Crippen LogP contribution in [0.5, 0.6) is 0 Å². The van der Waals surface area contributed by atoms with E-state index in [1.165, 1.54) is 18.4 Å². The van der Waals surface area contributed by atoms with E-state index in [1.54, 1.807) is 6.26 Å². The minimum Gasteiger partial charge on any atom is -0.468 e. The topological polar surface area (TPSA) is 45.5 Å². The van der Waals surface area contributed by atoms with Gasteiger partial charge in [-0.3, -0.25) is 9.69 Å². The highest BCUT2D eigenvalue weighted by Crippen LogP contribution is 2.25. The molecule has 4 nitrogen and oxygen atoms in total. The van der Waals surface area contributed by atoms with Crippen molar-refractivity contribution in [1.82, 2.24) is 10.2 Å². The number of hydrogen-bond acceptors (Lipinski definition) is 3. The first kappa shape index (κ1) is 15.8. The van der Waals surface area contributed by atoms with Crippen LogP contribution >= 0.6 is 0 Å². The molecule has 1 unspecified atom stereocenters. The maximum atomic E-state index is 12.4. The number of aryl methyl sites for hydroxylation is 2. The molecule has 1 aliphatic heterocycles. The van der Waals surface area contributed by atoms with Crippen molar-refractivity contribution in [3.05, 3.63) is 59.0 Å². The number of nitrogens with zero attached hydrogens (tertiary/aromatic N) is 1. The molecular weight excluding hydrogens is 288 g/mol. The van der Waals surface area contributed by atoms with Crippen LogP contribution in [0.3, 0.4) is 0 Å². The second-order valence-corrected chi connectivity index (χ2v) is 6.28. The normalized spacial score (nSPS) is 16.4. The Balaban J connectivity index is 1.68. The van der Waals surface area contributed by atoms with Crippen molar-refractivity contribution in [1.29, 1.82) is 0 Å². The van der Waals surface area contributed by atoms with E-state index in [0.29, 0.717) is 12.1 Å². The van der Waals surface area contributed by atoms with Gasteiger partial charge in [-0.15, -0.1) is 0 Å². The number of likely N-dealkylation sites (tertiary alicyclic amines) is 1. The number of hydrogen-bond donors (Lipinski definition) is 1. The van der Waals surface area contributed by atoms with E-state index in [2.05, 4.69) is 17.1 Å². The van der Waals surface area contributed by atoms with Gasteiger partial charge in [0.2, 0.25) is 0 Å². The number of nitrogens with one attached hydrogen (secondary N) is 1. The molecule has 0 saturated carbocycles. The predicted molar refractivity (Wildman–Crippen MR) is 90.5 cm³/mol. The van der Waals surface area contributed by atoms with Crippen molar-refractivity contribution >= 4 is 5.91 Å². The summed E-state index contributed by atoms with van der Waals surface area (Å²) in [5, 5.41) is 3.07. The van der Waals surface area contributed by atoms with Gasteiger partial charge in [-0.25, -0.2) is 0 Å². The van der Waals surface area contributed by atoms with E-state index in [4.69, 9.17) is 4.42 Å². The monoisotopic (exact) mass is 312 g/mol. The van der Waals surface area contributed by atoms with Crippen molar-refractivity contribution in [3.8, 4) is 0 Å². The number of rotatable bonds is 5. The van der Waals surface area contributed by atoms with Gasteiger partial charge >= 0.3 is 0 Å². The number of furan rings is 1. The molecule has 1 amide bonds. The van der Waals surface area contributed by atoms with Gasteiger partial charge < -0.3 is 9.73 Å². The highest BCUT2D eigenvalue weighted by atomic mass is 16.3. The summed E-state index contributed by atoms with van der Waals surface area (Å²) in [5.41, 5.74) is 3.06. The van der Waals surface area contributed by atoms with Crippen molar-refractivity contribution in [2.24, 2.45) is 0 Å². The van der Waals surface area contributed by atoms with Crippen molar-refractivity contribution in [2.45, 2.75) is 32.7 Å². The highest BCUT2D eigenvalue weighted by molar-refractivity contribution is 5.94. The Morgan fingerprint density at radius 3 is 2.65 bits per heavy atom. The third-order valence-corrected chi connectivity index (χ3v) is 4.68. The molecule has 0 bridgehead atoms. The summed E-state index contributed by atoms with van der Waals surface area (Å²) < 4.78 is 5.59. The van der Waals surface area contributed by atoms with E-state index in [0.717, 1.165) is 24.4 Å². The van der Waals surface area contributed by atoms with E-state index in [9.17, 15) is 4.79 Å². The molecule has 1 N–H and O–H groups in total. The van der Waals surface area contributed by atoms with Gasteiger partial charge in [-0.05, 0) is 75.2 Å². The van der Waals surface area contributed by atoms with Gasteiger partial charge in [0.1, 0.15) is 5.76 Å². The van der Waals surface area contributed by atoms with Crippen molar-refractivity contribution in [3.63, 3.8) is 0 Å². The fourth-order valence-corrected chi connectivity index (χ4v) is 3.12. The van der Waals surface area contributed by atoms with Gasteiger partial charge in [0.15, 0.2) is 0 Å². The van der Waals surface area contributed by atoms with Gasteiger partial charge in [0.05, 0.1) is 12.3 Å². The summed E-state index contributed by atoms with van der Waals surface area (Å²) in [6.45, 7) is 6.77. The third kappa shape index (κ3) is 3.64. The van der Waals surface area contributed by atoms with Crippen LogP contribution in [-0.4, -0.2) is 30.4 Å². The maximum Gasteiger partial charge on any atom is 0.251 e. The minimum atomic E-state index is -0.0242. The zero-order valence-corrected chi connectivity index (χ0v) is 13.8. The zero-order chi connectivity index (χ0) is 16.2. The maximum absolute atomic E-state index is 12.4. The average Bonchev–Trinajstić information content (AvgIpc) is 3.24. The molecule has 3 rings (SSSR count). The Morgan fingerprint density at radius 2 is 2.00 bits per heavy atom. The van der Waals surface area contributed by atoms with Crippen LogP contribution in [0.2, 0.25) is 0 Å². The minimum absolute atomic E-state index is 0.0242. The number of carbonyl (C=O) groups excluding carboxylic acids is 1. The number of amides is 1. The molecule has 122 valence electrons. The summed E-state index contributed by atoms with van der Waals surface area (Å²) in [5.74, 6) is 0.899. The fraction of sp³-hybridized carbons (Fsp3) is 0.421. The highest BCUT2D eigenvalue weighted by Gasteiger charge is 2.26.